The fraction of sp³-hybridized carbons (Fsp3) is 0.750. The Hall–Kier alpha value is -0.340. The van der Waals surface area contributed by atoms with Gasteiger partial charge in [0.1, 0.15) is 12.2 Å². The lowest BCUT2D eigenvalue weighted by Gasteiger charge is -2.48. The lowest BCUT2D eigenvalue weighted by molar-refractivity contribution is -0.236. The predicted molar refractivity (Wildman–Crippen MR) is 35.7 cm³/mol. The molecule has 0 aliphatic carbocycles. The Labute approximate surface area is 59.8 Å². The first-order chi connectivity index (χ1) is 4.93. The van der Waals surface area contributed by atoms with Crippen LogP contribution in [0.2, 0.25) is 0 Å². The maximum absolute atomic E-state index is 5.67. The zero-order valence-electron chi connectivity index (χ0n) is 5.69. The molecule has 0 aromatic carbocycles. The molecule has 5 aliphatic rings. The molecular weight excluding hydrogens is 128 g/mol. The highest BCUT2D eigenvalue weighted by Gasteiger charge is 2.44. The van der Waals surface area contributed by atoms with Crippen molar-refractivity contribution in [2.75, 3.05) is 0 Å². The summed E-state index contributed by atoms with van der Waals surface area (Å²) in [6.07, 6.45) is 7.99. The third-order valence-corrected chi connectivity index (χ3v) is 2.62. The van der Waals surface area contributed by atoms with Gasteiger partial charge in [-0.1, -0.05) is 12.2 Å². The lowest BCUT2D eigenvalue weighted by Crippen LogP contribution is -2.55. The van der Waals surface area contributed by atoms with E-state index in [4.69, 9.17) is 9.47 Å². The third-order valence-electron chi connectivity index (χ3n) is 2.62. The minimum Gasteiger partial charge on any atom is -0.365 e. The summed E-state index contributed by atoms with van der Waals surface area (Å²) in [6.45, 7) is 0. The molecule has 0 N–H and O–H groups in total. The number of ether oxygens (including phenoxy) is 2. The second-order valence-corrected chi connectivity index (χ2v) is 3.24. The van der Waals surface area contributed by atoms with E-state index in [9.17, 15) is 0 Å². The highest BCUT2D eigenvalue weighted by atomic mass is 16.6. The summed E-state index contributed by atoms with van der Waals surface area (Å²) >= 11 is 0. The summed E-state index contributed by atoms with van der Waals surface area (Å²) in [5.41, 5.74) is 0. The average Bonchev–Trinajstić information content (AvgIpc) is 2.05. The summed E-state index contributed by atoms with van der Waals surface area (Å²) < 4.78 is 11.3. The molecule has 0 aromatic rings. The number of rotatable bonds is 0. The van der Waals surface area contributed by atoms with E-state index in [1.807, 2.05) is 0 Å². The van der Waals surface area contributed by atoms with Crippen LogP contribution in [0.5, 0.6) is 0 Å². The Morgan fingerprint density at radius 2 is 1.40 bits per heavy atom. The summed E-state index contributed by atoms with van der Waals surface area (Å²) in [6, 6.07) is 0. The zero-order valence-corrected chi connectivity index (χ0v) is 5.69. The van der Waals surface area contributed by atoms with Gasteiger partial charge in [0.05, 0.1) is 12.2 Å². The van der Waals surface area contributed by atoms with Crippen molar-refractivity contribution in [3.8, 4) is 0 Å². The second kappa shape index (κ2) is 1.63. The van der Waals surface area contributed by atoms with Gasteiger partial charge in [-0.3, -0.25) is 0 Å². The molecule has 3 saturated heterocycles. The van der Waals surface area contributed by atoms with E-state index in [0.717, 1.165) is 0 Å². The topological polar surface area (TPSA) is 18.5 Å². The van der Waals surface area contributed by atoms with Gasteiger partial charge in [-0.2, -0.15) is 0 Å². The van der Waals surface area contributed by atoms with Crippen molar-refractivity contribution >= 4 is 0 Å². The molecule has 0 aromatic heterocycles. The molecule has 5 heterocycles. The van der Waals surface area contributed by atoms with Gasteiger partial charge in [-0.05, 0) is 12.8 Å². The zero-order chi connectivity index (χ0) is 6.55. The van der Waals surface area contributed by atoms with Crippen LogP contribution in [0.15, 0.2) is 12.2 Å². The molecule has 5 aliphatic heterocycles. The van der Waals surface area contributed by atoms with E-state index in [0.29, 0.717) is 12.2 Å². The molecule has 4 unspecified atom stereocenters. The molecule has 54 valence electrons. The second-order valence-electron chi connectivity index (χ2n) is 3.24. The molecule has 4 atom stereocenters. The predicted octanol–water partition coefficient (Wildman–Crippen LogP) is 0.871. The number of hydrogen-bond donors (Lipinski definition) is 0. The molecule has 3 fully saturated rings. The van der Waals surface area contributed by atoms with Crippen LogP contribution in [0.4, 0.5) is 0 Å². The van der Waals surface area contributed by atoms with E-state index in [1.165, 1.54) is 12.8 Å². The molecule has 0 spiro atoms. The molecule has 5 rings (SSSR count). The fourth-order valence-electron chi connectivity index (χ4n) is 2.08. The quantitative estimate of drug-likeness (QED) is 0.462. The summed E-state index contributed by atoms with van der Waals surface area (Å²) in [7, 11) is 0. The third kappa shape index (κ3) is 0.516. The van der Waals surface area contributed by atoms with Crippen molar-refractivity contribution in [3.05, 3.63) is 12.2 Å². The first-order valence-corrected chi connectivity index (χ1v) is 3.93. The Kier molecular flexibility index (Phi) is 0.868. The van der Waals surface area contributed by atoms with E-state index in [-0.39, 0.29) is 12.2 Å². The molecule has 2 heteroatoms. The van der Waals surface area contributed by atoms with Crippen molar-refractivity contribution in [3.63, 3.8) is 0 Å². The van der Waals surface area contributed by atoms with Crippen LogP contribution >= 0.6 is 0 Å². The van der Waals surface area contributed by atoms with Crippen molar-refractivity contribution < 1.29 is 9.47 Å². The Bertz CT molecular complexity index is 168. The van der Waals surface area contributed by atoms with Crippen molar-refractivity contribution in [2.24, 2.45) is 0 Å². The summed E-state index contributed by atoms with van der Waals surface area (Å²) in [4.78, 5) is 0. The van der Waals surface area contributed by atoms with Gasteiger partial charge < -0.3 is 9.47 Å². The number of fused-ring (bicyclic) bond motifs is 1. The monoisotopic (exact) mass is 138 g/mol. The molecule has 10 heavy (non-hydrogen) atoms. The highest BCUT2D eigenvalue weighted by molar-refractivity contribution is 5.12. The maximum Gasteiger partial charge on any atom is 0.102 e. The van der Waals surface area contributed by atoms with Crippen molar-refractivity contribution in [2.45, 2.75) is 37.3 Å². The van der Waals surface area contributed by atoms with Gasteiger partial charge in [0, 0.05) is 0 Å². The molecule has 0 saturated carbocycles. The van der Waals surface area contributed by atoms with Crippen LogP contribution in [0.1, 0.15) is 12.8 Å². The maximum atomic E-state index is 5.67. The normalized spacial score (nSPS) is 56.0. The smallest absolute Gasteiger partial charge is 0.102 e. The molecular formula is C8H10O2. The fourth-order valence-corrected chi connectivity index (χ4v) is 2.08. The average molecular weight is 138 g/mol. The SMILES string of the molecule is C1=CC2OC3CCC2OC13. The van der Waals surface area contributed by atoms with E-state index >= 15 is 0 Å². The van der Waals surface area contributed by atoms with Crippen molar-refractivity contribution in [1.82, 2.24) is 0 Å². The van der Waals surface area contributed by atoms with Crippen LogP contribution in [0.3, 0.4) is 0 Å². The van der Waals surface area contributed by atoms with Crippen LogP contribution < -0.4 is 0 Å². The van der Waals surface area contributed by atoms with Gasteiger partial charge in [-0.15, -0.1) is 0 Å². The van der Waals surface area contributed by atoms with Gasteiger partial charge in [0.15, 0.2) is 0 Å². The van der Waals surface area contributed by atoms with Gasteiger partial charge in [-0.25, -0.2) is 0 Å². The molecule has 2 nitrogen and oxygen atoms in total. The van der Waals surface area contributed by atoms with Crippen molar-refractivity contribution in [1.29, 1.82) is 0 Å². The first kappa shape index (κ1) is 5.33. The molecule has 0 amide bonds. The number of hydrogen-bond acceptors (Lipinski definition) is 2. The summed E-state index contributed by atoms with van der Waals surface area (Å²) in [5, 5.41) is 0. The first-order valence-electron chi connectivity index (χ1n) is 3.93. The van der Waals surface area contributed by atoms with Crippen LogP contribution in [-0.2, 0) is 9.47 Å². The van der Waals surface area contributed by atoms with E-state index < -0.39 is 0 Å². The standard InChI is InChI=1S/C8H10O2/c1-2-6-8-4-3-7(10-6)5(1)9-8/h1-2,5-8H,3-4H2. The van der Waals surface area contributed by atoms with Crippen LogP contribution in [0.25, 0.3) is 0 Å². The Balaban J connectivity index is 2.04. The Morgan fingerprint density at radius 3 is 1.70 bits per heavy atom. The molecule has 0 radical (unpaired) electrons. The van der Waals surface area contributed by atoms with Gasteiger partial charge in [0.2, 0.25) is 0 Å². The molecule has 4 bridgehead atoms. The van der Waals surface area contributed by atoms with E-state index in [2.05, 4.69) is 12.2 Å². The van der Waals surface area contributed by atoms with Crippen LogP contribution in [-0.4, -0.2) is 24.4 Å². The summed E-state index contributed by atoms with van der Waals surface area (Å²) in [5.74, 6) is 0. The van der Waals surface area contributed by atoms with Gasteiger partial charge in [0.25, 0.3) is 0 Å². The minimum atomic E-state index is 0.281. The largest absolute Gasteiger partial charge is 0.365 e. The van der Waals surface area contributed by atoms with Crippen LogP contribution in [0, 0.1) is 0 Å². The highest BCUT2D eigenvalue weighted by Crippen LogP contribution is 2.37. The van der Waals surface area contributed by atoms with Gasteiger partial charge >= 0.3 is 0 Å². The minimum absolute atomic E-state index is 0.281. The Morgan fingerprint density at radius 1 is 0.900 bits per heavy atom. The van der Waals surface area contributed by atoms with E-state index in [1.54, 1.807) is 0 Å². The lowest BCUT2D eigenvalue weighted by atomic mass is 9.89.